The summed E-state index contributed by atoms with van der Waals surface area (Å²) >= 11 is 0. The van der Waals surface area contributed by atoms with Gasteiger partial charge in [-0.05, 0) is 36.1 Å². The molecule has 118 valence electrons. The molecule has 3 heteroatoms. The number of carbonyl (C=O) groups is 1. The van der Waals surface area contributed by atoms with Gasteiger partial charge in [0.1, 0.15) is 0 Å². The van der Waals surface area contributed by atoms with Crippen molar-refractivity contribution >= 4 is 22.4 Å². The molecule has 2 unspecified atom stereocenters. The molecular formula is C20H22N2O. The lowest BCUT2D eigenvalue weighted by Gasteiger charge is -2.48. The second-order valence-electron chi connectivity index (χ2n) is 7.05. The molecule has 4 rings (SSSR count). The zero-order chi connectivity index (χ0) is 16.0. The van der Waals surface area contributed by atoms with Crippen molar-refractivity contribution in [3.63, 3.8) is 0 Å². The average Bonchev–Trinajstić information content (AvgIpc) is 2.53. The highest BCUT2D eigenvalue weighted by Gasteiger charge is 2.43. The van der Waals surface area contributed by atoms with Crippen LogP contribution in [0.4, 0.5) is 0 Å². The van der Waals surface area contributed by atoms with Crippen molar-refractivity contribution in [2.75, 3.05) is 0 Å². The first-order chi connectivity index (χ1) is 11.1. The van der Waals surface area contributed by atoms with E-state index in [4.69, 9.17) is 5.73 Å². The maximum Gasteiger partial charge on any atom is 0.243 e. The molecule has 2 aromatic carbocycles. The first-order valence-electron chi connectivity index (χ1n) is 8.40. The van der Waals surface area contributed by atoms with E-state index >= 15 is 0 Å². The predicted octanol–water partition coefficient (Wildman–Crippen LogP) is 3.69. The lowest BCUT2D eigenvalue weighted by atomic mass is 9.66. The normalized spacial score (nSPS) is 28.0. The quantitative estimate of drug-likeness (QED) is 0.790. The molecule has 0 aromatic heterocycles. The van der Waals surface area contributed by atoms with Gasteiger partial charge in [0.2, 0.25) is 5.91 Å². The summed E-state index contributed by atoms with van der Waals surface area (Å²) in [7, 11) is 0. The van der Waals surface area contributed by atoms with Crippen LogP contribution < -0.4 is 11.1 Å². The third-order valence-electron chi connectivity index (χ3n) is 5.52. The number of hydrogen-bond donors (Lipinski definition) is 2. The summed E-state index contributed by atoms with van der Waals surface area (Å²) in [5, 5.41) is 6.21. The lowest BCUT2D eigenvalue weighted by Crippen LogP contribution is -2.51. The highest BCUT2D eigenvalue weighted by Crippen LogP contribution is 2.49. The molecule has 3 nitrogen and oxygen atoms in total. The van der Waals surface area contributed by atoms with Gasteiger partial charge >= 0.3 is 0 Å². The molecule has 23 heavy (non-hydrogen) atoms. The molecule has 0 bridgehead atoms. The van der Waals surface area contributed by atoms with E-state index in [0.29, 0.717) is 5.92 Å². The Morgan fingerprint density at radius 2 is 2.09 bits per heavy atom. The summed E-state index contributed by atoms with van der Waals surface area (Å²) in [5.41, 5.74) is 8.84. The number of hydrogen-bond acceptors (Lipinski definition) is 2. The minimum Gasteiger partial charge on any atom is -0.379 e. The van der Waals surface area contributed by atoms with Gasteiger partial charge in [-0.1, -0.05) is 49.2 Å². The predicted molar refractivity (Wildman–Crippen MR) is 93.9 cm³/mol. The van der Waals surface area contributed by atoms with Crippen LogP contribution in [0.25, 0.3) is 16.5 Å². The van der Waals surface area contributed by atoms with E-state index in [0.717, 1.165) is 17.7 Å². The number of nitrogens with two attached hydrogens (primary N) is 1. The fraction of sp³-hybridized carbons (Fsp3) is 0.350. The molecule has 2 atom stereocenters. The van der Waals surface area contributed by atoms with Crippen molar-refractivity contribution in [2.24, 2.45) is 5.73 Å². The summed E-state index contributed by atoms with van der Waals surface area (Å²) in [5.74, 6) is 0.0758. The van der Waals surface area contributed by atoms with Gasteiger partial charge in [-0.25, -0.2) is 0 Å². The number of primary amides is 1. The summed E-state index contributed by atoms with van der Waals surface area (Å²) < 4.78 is 0. The minimum atomic E-state index is -0.399. The van der Waals surface area contributed by atoms with E-state index in [1.54, 1.807) is 6.08 Å². The summed E-state index contributed by atoms with van der Waals surface area (Å²) in [6.07, 6.45) is 6.35. The van der Waals surface area contributed by atoms with E-state index in [9.17, 15) is 4.79 Å². The summed E-state index contributed by atoms with van der Waals surface area (Å²) in [6.45, 7) is 2.29. The fourth-order valence-electron chi connectivity index (χ4n) is 4.48. The third-order valence-corrected chi connectivity index (χ3v) is 5.52. The Morgan fingerprint density at radius 1 is 1.26 bits per heavy atom. The monoisotopic (exact) mass is 306 g/mol. The van der Waals surface area contributed by atoms with Gasteiger partial charge < -0.3 is 11.1 Å². The maximum atomic E-state index is 11.5. The second-order valence-corrected chi connectivity index (χ2v) is 7.05. The number of nitrogens with one attached hydrogen (secondary N) is 1. The smallest absolute Gasteiger partial charge is 0.243 e. The fourth-order valence-corrected chi connectivity index (χ4v) is 4.48. The molecule has 1 aliphatic heterocycles. The summed E-state index contributed by atoms with van der Waals surface area (Å²) in [6, 6.07) is 12.8. The van der Waals surface area contributed by atoms with Crippen LogP contribution >= 0.6 is 0 Å². The number of fused-ring (bicyclic) bond motifs is 5. The van der Waals surface area contributed by atoms with Crippen LogP contribution in [0, 0.1) is 0 Å². The molecule has 0 spiro atoms. The minimum absolute atomic E-state index is 0.00332. The molecule has 1 heterocycles. The highest BCUT2D eigenvalue weighted by atomic mass is 16.1. The lowest BCUT2D eigenvalue weighted by molar-refractivity contribution is -0.113. The number of benzene rings is 2. The average molecular weight is 306 g/mol. The van der Waals surface area contributed by atoms with Crippen molar-refractivity contribution in [3.05, 3.63) is 53.6 Å². The van der Waals surface area contributed by atoms with Gasteiger partial charge in [-0.15, -0.1) is 0 Å². The van der Waals surface area contributed by atoms with Gasteiger partial charge in [0, 0.05) is 28.8 Å². The van der Waals surface area contributed by atoms with E-state index in [1.165, 1.54) is 35.6 Å². The van der Waals surface area contributed by atoms with Crippen molar-refractivity contribution in [1.82, 2.24) is 5.32 Å². The zero-order valence-corrected chi connectivity index (χ0v) is 13.4. The SMILES string of the molecule is CC12CCCCC1c1c(ccc3ccccc13)/C(=C\C(N)=O)N2. The molecule has 1 amide bonds. The van der Waals surface area contributed by atoms with Crippen LogP contribution in [-0.4, -0.2) is 11.4 Å². The highest BCUT2D eigenvalue weighted by molar-refractivity contribution is 5.98. The molecule has 1 saturated carbocycles. The van der Waals surface area contributed by atoms with E-state index < -0.39 is 5.91 Å². The van der Waals surface area contributed by atoms with Crippen LogP contribution in [-0.2, 0) is 4.79 Å². The van der Waals surface area contributed by atoms with Crippen molar-refractivity contribution in [2.45, 2.75) is 44.1 Å². The number of carbonyl (C=O) groups excluding carboxylic acids is 1. The van der Waals surface area contributed by atoms with E-state index in [2.05, 4.69) is 48.6 Å². The molecule has 0 radical (unpaired) electrons. The van der Waals surface area contributed by atoms with Crippen LogP contribution in [0.15, 0.2) is 42.5 Å². The van der Waals surface area contributed by atoms with Crippen LogP contribution in [0.1, 0.15) is 49.7 Å². The second kappa shape index (κ2) is 5.12. The maximum absolute atomic E-state index is 11.5. The van der Waals surface area contributed by atoms with Crippen molar-refractivity contribution in [3.8, 4) is 0 Å². The molecule has 1 fully saturated rings. The standard InChI is InChI=1S/C20H22N2O/c1-20-11-5-4-8-16(20)19-14-7-3-2-6-13(14)9-10-15(19)17(22-20)12-18(21)23/h2-3,6-7,9-10,12,16,22H,4-5,8,11H2,1H3,(H2,21,23)/b17-12+. The first kappa shape index (κ1) is 14.3. The Balaban J connectivity index is 2.03. The molecule has 1 aliphatic carbocycles. The van der Waals surface area contributed by atoms with E-state index in [-0.39, 0.29) is 5.54 Å². The third kappa shape index (κ3) is 2.23. The van der Waals surface area contributed by atoms with Gasteiger partial charge in [0.15, 0.2) is 0 Å². The van der Waals surface area contributed by atoms with Crippen molar-refractivity contribution in [1.29, 1.82) is 0 Å². The topological polar surface area (TPSA) is 55.1 Å². The van der Waals surface area contributed by atoms with E-state index in [1.807, 2.05) is 0 Å². The van der Waals surface area contributed by atoms with Gasteiger partial charge in [-0.2, -0.15) is 0 Å². The Labute approximate surface area is 136 Å². The van der Waals surface area contributed by atoms with Crippen LogP contribution in [0.5, 0.6) is 0 Å². The summed E-state index contributed by atoms with van der Waals surface area (Å²) in [4.78, 5) is 11.5. The molecule has 2 aromatic rings. The molecule has 0 saturated heterocycles. The van der Waals surface area contributed by atoms with Crippen molar-refractivity contribution < 1.29 is 4.79 Å². The Morgan fingerprint density at radius 3 is 2.91 bits per heavy atom. The van der Waals surface area contributed by atoms with Gasteiger partial charge in [0.05, 0.1) is 0 Å². The molecule has 3 N–H and O–H groups in total. The largest absolute Gasteiger partial charge is 0.379 e. The number of rotatable bonds is 1. The van der Waals surface area contributed by atoms with Crippen LogP contribution in [0.2, 0.25) is 0 Å². The Hall–Kier alpha value is -2.29. The Kier molecular flexibility index (Phi) is 3.19. The molecular weight excluding hydrogens is 284 g/mol. The Bertz CT molecular complexity index is 824. The molecule has 2 aliphatic rings. The van der Waals surface area contributed by atoms with Gasteiger partial charge in [0.25, 0.3) is 0 Å². The first-order valence-corrected chi connectivity index (χ1v) is 8.40. The van der Waals surface area contributed by atoms with Crippen LogP contribution in [0.3, 0.4) is 0 Å². The number of amides is 1. The zero-order valence-electron chi connectivity index (χ0n) is 13.4. The van der Waals surface area contributed by atoms with Gasteiger partial charge in [-0.3, -0.25) is 4.79 Å².